The highest BCUT2D eigenvalue weighted by Gasteiger charge is 2.13. The Morgan fingerprint density at radius 3 is 2.28 bits per heavy atom. The zero-order valence-electron chi connectivity index (χ0n) is 13.9. The molecule has 124 valence electrons. The number of hydrogen-bond donors (Lipinski definition) is 0. The molecule has 25 heavy (non-hydrogen) atoms. The molecule has 1 amide bonds. The van der Waals surface area contributed by atoms with Crippen molar-refractivity contribution in [2.24, 2.45) is 0 Å². The first-order valence-corrected chi connectivity index (χ1v) is 9.67. The van der Waals surface area contributed by atoms with Crippen LogP contribution in [0.15, 0.2) is 59.5 Å². The monoisotopic (exact) mass is 364 g/mol. The Bertz CT molecular complexity index is 922. The number of carbonyl (C=O) groups is 1. The van der Waals surface area contributed by atoms with Crippen LogP contribution < -0.4 is 4.90 Å². The van der Waals surface area contributed by atoms with Crippen LogP contribution in [0.25, 0.3) is 21.6 Å². The van der Waals surface area contributed by atoms with Gasteiger partial charge in [-0.3, -0.25) is 4.79 Å². The van der Waals surface area contributed by atoms with Crippen molar-refractivity contribution in [2.75, 3.05) is 18.2 Å². The normalized spacial score (nSPS) is 10.3. The Balaban J connectivity index is 2.05. The topological polar surface area (TPSA) is 44.1 Å². The fourth-order valence-electron chi connectivity index (χ4n) is 2.55. The lowest BCUT2D eigenvalue weighted by Gasteiger charge is -2.11. The number of benzene rings is 2. The molecule has 5 heteroatoms. The van der Waals surface area contributed by atoms with Gasteiger partial charge in [0.05, 0.1) is 0 Å². The highest BCUT2D eigenvalue weighted by Crippen LogP contribution is 2.40. The van der Waals surface area contributed by atoms with E-state index in [4.69, 9.17) is 0 Å². The van der Waals surface area contributed by atoms with Gasteiger partial charge in [-0.05, 0) is 47.7 Å². The van der Waals surface area contributed by atoms with Crippen LogP contribution in [0.3, 0.4) is 0 Å². The van der Waals surface area contributed by atoms with Gasteiger partial charge >= 0.3 is 0 Å². The van der Waals surface area contributed by atoms with Crippen molar-refractivity contribution in [1.82, 2.24) is 0 Å². The summed E-state index contributed by atoms with van der Waals surface area (Å²) in [4.78, 5) is 15.4. The predicted molar refractivity (Wildman–Crippen MR) is 106 cm³/mol. The second kappa shape index (κ2) is 7.56. The maximum absolute atomic E-state index is 10.9. The Labute approximate surface area is 155 Å². The van der Waals surface area contributed by atoms with Gasteiger partial charge in [-0.15, -0.1) is 23.1 Å². The fraction of sp³-hybridized carbons (Fsp3) is 0.100. The number of hydrogen-bond acceptors (Lipinski definition) is 4. The third-order valence-electron chi connectivity index (χ3n) is 3.94. The number of amides is 1. The fourth-order valence-corrected chi connectivity index (χ4v) is 3.95. The van der Waals surface area contributed by atoms with Crippen LogP contribution in [0.5, 0.6) is 0 Å². The summed E-state index contributed by atoms with van der Waals surface area (Å²) in [5, 5.41) is 9.31. The molecule has 1 heterocycles. The third-order valence-corrected chi connectivity index (χ3v) is 5.77. The van der Waals surface area contributed by atoms with Crippen molar-refractivity contribution in [3.8, 4) is 27.6 Å². The highest BCUT2D eigenvalue weighted by atomic mass is 32.2. The SMILES string of the molecule is CSc1ccc(-c2cc(C#N)sc2-c2ccc(N(C)C=O)cc2)cc1. The predicted octanol–water partition coefficient (Wildman–Crippen LogP) is 5.27. The van der Waals surface area contributed by atoms with Crippen molar-refractivity contribution in [2.45, 2.75) is 4.90 Å². The maximum Gasteiger partial charge on any atom is 0.213 e. The van der Waals surface area contributed by atoms with E-state index < -0.39 is 0 Å². The highest BCUT2D eigenvalue weighted by molar-refractivity contribution is 7.98. The van der Waals surface area contributed by atoms with Gasteiger partial charge in [-0.25, -0.2) is 0 Å². The molecule has 0 aliphatic heterocycles. The summed E-state index contributed by atoms with van der Waals surface area (Å²) in [5.74, 6) is 0. The van der Waals surface area contributed by atoms with Crippen molar-refractivity contribution in [3.63, 3.8) is 0 Å². The molecule has 0 saturated heterocycles. The zero-order valence-corrected chi connectivity index (χ0v) is 15.5. The average molecular weight is 364 g/mol. The van der Waals surface area contributed by atoms with Gasteiger partial charge in [-0.2, -0.15) is 5.26 Å². The van der Waals surface area contributed by atoms with Crippen LogP contribution in [-0.4, -0.2) is 19.7 Å². The smallest absolute Gasteiger partial charge is 0.213 e. The molecule has 2 aromatic carbocycles. The number of thiophene rings is 1. The second-order valence-corrected chi connectivity index (χ2v) is 7.39. The third kappa shape index (κ3) is 3.60. The Morgan fingerprint density at radius 2 is 1.72 bits per heavy atom. The van der Waals surface area contributed by atoms with Gasteiger partial charge in [0.1, 0.15) is 10.9 Å². The minimum absolute atomic E-state index is 0.688. The van der Waals surface area contributed by atoms with Gasteiger partial charge in [0.15, 0.2) is 0 Å². The van der Waals surface area contributed by atoms with Crippen molar-refractivity contribution in [1.29, 1.82) is 5.26 Å². The molecular weight excluding hydrogens is 348 g/mol. The van der Waals surface area contributed by atoms with Gasteiger partial charge in [0, 0.05) is 28.1 Å². The first-order valence-electron chi connectivity index (χ1n) is 7.63. The van der Waals surface area contributed by atoms with Crippen molar-refractivity contribution in [3.05, 3.63) is 59.5 Å². The molecule has 3 rings (SSSR count). The molecule has 0 aliphatic rings. The van der Waals surface area contributed by atoms with E-state index >= 15 is 0 Å². The molecule has 0 aliphatic carbocycles. The molecule has 0 saturated carbocycles. The van der Waals surface area contributed by atoms with Crippen LogP contribution in [-0.2, 0) is 4.79 Å². The Hall–Kier alpha value is -2.55. The molecule has 0 bridgehead atoms. The molecule has 0 spiro atoms. The minimum Gasteiger partial charge on any atom is -0.318 e. The van der Waals surface area contributed by atoms with Gasteiger partial charge in [0.2, 0.25) is 6.41 Å². The summed E-state index contributed by atoms with van der Waals surface area (Å²) in [7, 11) is 1.72. The number of nitrogens with zero attached hydrogens (tertiary/aromatic N) is 2. The number of anilines is 1. The summed E-state index contributed by atoms with van der Waals surface area (Å²) < 4.78 is 0. The number of rotatable bonds is 5. The van der Waals surface area contributed by atoms with E-state index in [1.165, 1.54) is 21.1 Å². The maximum atomic E-state index is 10.9. The van der Waals surface area contributed by atoms with Crippen molar-refractivity contribution >= 4 is 35.2 Å². The molecule has 0 radical (unpaired) electrons. The molecule has 3 nitrogen and oxygen atoms in total. The summed E-state index contributed by atoms with van der Waals surface area (Å²) in [6, 6.07) is 20.4. The molecule has 0 atom stereocenters. The van der Waals surface area contributed by atoms with Crippen LogP contribution in [0.4, 0.5) is 5.69 Å². The average Bonchev–Trinajstić information content (AvgIpc) is 3.12. The number of carbonyl (C=O) groups excluding carboxylic acids is 1. The van der Waals surface area contributed by atoms with E-state index in [1.54, 1.807) is 18.8 Å². The first-order chi connectivity index (χ1) is 12.2. The molecule has 0 fully saturated rings. The second-order valence-electron chi connectivity index (χ2n) is 5.46. The molecule has 3 aromatic rings. The molecule has 1 aromatic heterocycles. The van der Waals surface area contributed by atoms with Crippen molar-refractivity contribution < 1.29 is 4.79 Å². The number of nitriles is 1. The summed E-state index contributed by atoms with van der Waals surface area (Å²) in [5.41, 5.74) is 4.03. The van der Waals surface area contributed by atoms with E-state index in [-0.39, 0.29) is 0 Å². The molecular formula is C20H16N2OS2. The van der Waals surface area contributed by atoms with Gasteiger partial charge < -0.3 is 4.90 Å². The Kier molecular flexibility index (Phi) is 5.22. The van der Waals surface area contributed by atoms with Gasteiger partial charge in [-0.1, -0.05) is 24.3 Å². The van der Waals surface area contributed by atoms with Crippen LogP contribution >= 0.6 is 23.1 Å². The molecule has 0 N–H and O–H groups in total. The van der Waals surface area contributed by atoms with E-state index in [0.717, 1.165) is 33.7 Å². The van der Waals surface area contributed by atoms with E-state index in [1.807, 2.05) is 30.3 Å². The first kappa shape index (κ1) is 17.3. The molecule has 0 unspecified atom stereocenters. The van der Waals surface area contributed by atoms with Gasteiger partial charge in [0.25, 0.3) is 0 Å². The largest absolute Gasteiger partial charge is 0.318 e. The van der Waals surface area contributed by atoms with Crippen LogP contribution in [0, 0.1) is 11.3 Å². The number of thioether (sulfide) groups is 1. The minimum atomic E-state index is 0.688. The summed E-state index contributed by atoms with van der Waals surface area (Å²) in [6.45, 7) is 0. The lowest BCUT2D eigenvalue weighted by Crippen LogP contribution is -2.13. The van der Waals surface area contributed by atoms with Crippen LogP contribution in [0.1, 0.15) is 4.88 Å². The lowest BCUT2D eigenvalue weighted by molar-refractivity contribution is -0.107. The van der Waals surface area contributed by atoms with E-state index in [9.17, 15) is 10.1 Å². The Morgan fingerprint density at radius 1 is 1.08 bits per heavy atom. The van der Waals surface area contributed by atoms with E-state index in [2.05, 4.69) is 36.6 Å². The quantitative estimate of drug-likeness (QED) is 0.458. The summed E-state index contributed by atoms with van der Waals surface area (Å²) >= 11 is 3.19. The standard InChI is InChI=1S/C20H16N2OS2/c1-22(13-23)16-7-3-15(4-8-16)20-19(11-18(12-21)25-20)14-5-9-17(24-2)10-6-14/h3-11,13H,1-2H3. The lowest BCUT2D eigenvalue weighted by atomic mass is 10.0. The zero-order chi connectivity index (χ0) is 17.8. The summed E-state index contributed by atoms with van der Waals surface area (Å²) in [6.07, 6.45) is 2.84. The van der Waals surface area contributed by atoms with Crippen LogP contribution in [0.2, 0.25) is 0 Å². The van der Waals surface area contributed by atoms with E-state index in [0.29, 0.717) is 4.88 Å².